The van der Waals surface area contributed by atoms with Crippen LogP contribution in [-0.4, -0.2) is 5.11 Å². The molecule has 3 nitrogen and oxygen atoms in total. The molecule has 0 bridgehead atoms. The van der Waals surface area contributed by atoms with Gasteiger partial charge in [-0.1, -0.05) is 23.2 Å². The molecule has 1 heterocycles. The Morgan fingerprint density at radius 3 is 2.38 bits per heavy atom. The molecule has 0 atom stereocenters. The highest BCUT2D eigenvalue weighted by atomic mass is 35.5. The summed E-state index contributed by atoms with van der Waals surface area (Å²) in [7, 11) is 0. The van der Waals surface area contributed by atoms with E-state index in [1.807, 2.05) is 0 Å². The first kappa shape index (κ1) is 16.7. The molecular formula is C16H7Cl2F3O3. The number of rotatable bonds is 1. The van der Waals surface area contributed by atoms with E-state index in [1.54, 1.807) is 0 Å². The highest BCUT2D eigenvalue weighted by Crippen LogP contribution is 2.39. The van der Waals surface area contributed by atoms with Gasteiger partial charge in [0.2, 0.25) is 0 Å². The topological polar surface area (TPSA) is 50.4 Å². The van der Waals surface area contributed by atoms with E-state index in [-0.39, 0.29) is 27.5 Å². The Morgan fingerprint density at radius 1 is 1.04 bits per heavy atom. The first-order valence-corrected chi connectivity index (χ1v) is 7.26. The number of aromatic hydroxyl groups is 1. The van der Waals surface area contributed by atoms with E-state index >= 15 is 0 Å². The Labute approximate surface area is 142 Å². The minimum atomic E-state index is -4.68. The second-order valence-electron chi connectivity index (χ2n) is 4.94. The molecule has 3 aromatic rings. The summed E-state index contributed by atoms with van der Waals surface area (Å²) in [5.74, 6) is -0.198. The minimum Gasteiger partial charge on any atom is -0.506 e. The van der Waals surface area contributed by atoms with E-state index in [4.69, 9.17) is 27.6 Å². The molecule has 0 saturated heterocycles. The van der Waals surface area contributed by atoms with Gasteiger partial charge in [-0.2, -0.15) is 13.2 Å². The lowest BCUT2D eigenvalue weighted by atomic mass is 10.1. The van der Waals surface area contributed by atoms with Crippen molar-refractivity contribution in [3.63, 3.8) is 0 Å². The molecule has 0 aliphatic carbocycles. The molecule has 0 amide bonds. The van der Waals surface area contributed by atoms with Crippen LogP contribution in [0.25, 0.3) is 22.3 Å². The smallest absolute Gasteiger partial charge is 0.417 e. The first-order valence-electron chi connectivity index (χ1n) is 6.51. The van der Waals surface area contributed by atoms with Crippen molar-refractivity contribution in [1.82, 2.24) is 0 Å². The van der Waals surface area contributed by atoms with E-state index in [1.165, 1.54) is 18.2 Å². The lowest BCUT2D eigenvalue weighted by Gasteiger charge is -2.11. The van der Waals surface area contributed by atoms with Gasteiger partial charge in [-0.25, -0.2) is 0 Å². The number of hydrogen-bond acceptors (Lipinski definition) is 3. The zero-order chi connectivity index (χ0) is 17.6. The van der Waals surface area contributed by atoms with Crippen molar-refractivity contribution < 1.29 is 22.7 Å². The zero-order valence-corrected chi connectivity index (χ0v) is 13.1. The van der Waals surface area contributed by atoms with Gasteiger partial charge >= 0.3 is 6.18 Å². The molecule has 0 aliphatic rings. The molecule has 0 fully saturated rings. The average molecular weight is 375 g/mol. The van der Waals surface area contributed by atoms with Crippen LogP contribution in [-0.2, 0) is 6.18 Å². The van der Waals surface area contributed by atoms with Gasteiger partial charge in [0.1, 0.15) is 11.5 Å². The molecule has 0 saturated carbocycles. The fourth-order valence-electron chi connectivity index (χ4n) is 2.21. The van der Waals surface area contributed by atoms with Gasteiger partial charge in [0.15, 0.2) is 11.0 Å². The monoisotopic (exact) mass is 374 g/mol. The first-order chi connectivity index (χ1) is 11.2. The minimum absolute atomic E-state index is 0.00499. The molecule has 0 spiro atoms. The van der Waals surface area contributed by atoms with Crippen LogP contribution >= 0.6 is 23.2 Å². The predicted octanol–water partition coefficient (Wildman–Crippen LogP) is 5.49. The van der Waals surface area contributed by atoms with Crippen molar-refractivity contribution in [3.8, 4) is 17.1 Å². The molecule has 1 N–H and O–H groups in total. The summed E-state index contributed by atoms with van der Waals surface area (Å²) in [4.78, 5) is 12.2. The largest absolute Gasteiger partial charge is 0.506 e. The van der Waals surface area contributed by atoms with Gasteiger partial charge in [0.05, 0.1) is 21.0 Å². The molecule has 0 unspecified atom stereocenters. The van der Waals surface area contributed by atoms with Crippen LogP contribution in [0.5, 0.6) is 5.75 Å². The summed E-state index contributed by atoms with van der Waals surface area (Å²) >= 11 is 11.6. The van der Waals surface area contributed by atoms with E-state index in [0.29, 0.717) is 5.56 Å². The van der Waals surface area contributed by atoms with Crippen LogP contribution in [0.1, 0.15) is 5.56 Å². The highest BCUT2D eigenvalue weighted by Gasteiger charge is 2.34. The summed E-state index contributed by atoms with van der Waals surface area (Å²) in [6, 6.07) is 6.88. The second kappa shape index (κ2) is 5.72. The SMILES string of the molecule is O=c1cc(-c2ccc(O)c(Cl)c2)oc2c(Cl)c(C(F)(F)F)ccc12. The molecule has 0 radical (unpaired) electrons. The van der Waals surface area contributed by atoms with Crippen LogP contribution in [0, 0.1) is 0 Å². The standard InChI is InChI=1S/C16H7Cl2F3O3/c17-10-5-7(1-4-11(10)22)13-6-12(23)8-2-3-9(16(19,20)21)14(18)15(8)24-13/h1-6,22H. The fraction of sp³-hybridized carbons (Fsp3) is 0.0625. The maximum atomic E-state index is 12.9. The van der Waals surface area contributed by atoms with Crippen molar-refractivity contribution in [3.05, 3.63) is 62.2 Å². The van der Waals surface area contributed by atoms with Gasteiger partial charge in [0.25, 0.3) is 0 Å². The Hall–Kier alpha value is -2.18. The summed E-state index contributed by atoms with van der Waals surface area (Å²) < 4.78 is 44.3. The summed E-state index contributed by atoms with van der Waals surface area (Å²) in [5.41, 5.74) is -1.70. The van der Waals surface area contributed by atoms with Crippen molar-refractivity contribution in [2.24, 2.45) is 0 Å². The average Bonchev–Trinajstić information content (AvgIpc) is 2.49. The molecule has 2 aromatic carbocycles. The Morgan fingerprint density at radius 2 is 1.75 bits per heavy atom. The Bertz CT molecular complexity index is 1010. The number of benzene rings is 2. The third-order valence-electron chi connectivity index (χ3n) is 3.37. The van der Waals surface area contributed by atoms with Gasteiger partial charge in [-0.3, -0.25) is 4.79 Å². The highest BCUT2D eigenvalue weighted by molar-refractivity contribution is 6.35. The number of fused-ring (bicyclic) bond motifs is 1. The number of phenols is 1. The van der Waals surface area contributed by atoms with Crippen molar-refractivity contribution >= 4 is 34.2 Å². The second-order valence-corrected chi connectivity index (χ2v) is 5.73. The van der Waals surface area contributed by atoms with E-state index in [0.717, 1.165) is 18.2 Å². The predicted molar refractivity (Wildman–Crippen MR) is 84.6 cm³/mol. The van der Waals surface area contributed by atoms with Gasteiger partial charge in [-0.05, 0) is 30.3 Å². The number of phenolic OH excluding ortho intramolecular Hbond substituents is 1. The Balaban J connectivity index is 2.30. The molecule has 8 heteroatoms. The van der Waals surface area contributed by atoms with Crippen molar-refractivity contribution in [1.29, 1.82) is 0 Å². The third-order valence-corrected chi connectivity index (χ3v) is 4.05. The number of hydrogen-bond donors (Lipinski definition) is 1. The Kier molecular flexibility index (Phi) is 3.97. The van der Waals surface area contributed by atoms with Gasteiger partial charge in [-0.15, -0.1) is 0 Å². The van der Waals surface area contributed by atoms with E-state index in [9.17, 15) is 23.1 Å². The molecule has 1 aromatic heterocycles. The molecule has 124 valence electrons. The maximum Gasteiger partial charge on any atom is 0.417 e. The van der Waals surface area contributed by atoms with Crippen LogP contribution in [0.4, 0.5) is 13.2 Å². The lowest BCUT2D eigenvalue weighted by molar-refractivity contribution is -0.137. The van der Waals surface area contributed by atoms with Crippen molar-refractivity contribution in [2.45, 2.75) is 6.18 Å². The molecule has 24 heavy (non-hydrogen) atoms. The molecular weight excluding hydrogens is 368 g/mol. The van der Waals surface area contributed by atoms with Gasteiger partial charge < -0.3 is 9.52 Å². The van der Waals surface area contributed by atoms with Crippen LogP contribution in [0.2, 0.25) is 10.0 Å². The zero-order valence-electron chi connectivity index (χ0n) is 11.6. The third kappa shape index (κ3) is 2.83. The quantitative estimate of drug-likeness (QED) is 0.612. The molecule has 3 rings (SSSR count). The summed E-state index contributed by atoms with van der Waals surface area (Å²) in [5, 5.41) is 8.66. The van der Waals surface area contributed by atoms with Crippen LogP contribution in [0.3, 0.4) is 0 Å². The molecule has 0 aliphatic heterocycles. The summed E-state index contributed by atoms with van der Waals surface area (Å²) in [6.07, 6.45) is -4.68. The number of alkyl halides is 3. The number of halogens is 5. The van der Waals surface area contributed by atoms with Crippen LogP contribution in [0.15, 0.2) is 45.6 Å². The van der Waals surface area contributed by atoms with E-state index in [2.05, 4.69) is 0 Å². The lowest BCUT2D eigenvalue weighted by Crippen LogP contribution is -2.08. The fourth-order valence-corrected chi connectivity index (χ4v) is 2.70. The van der Waals surface area contributed by atoms with Gasteiger partial charge in [0, 0.05) is 11.6 Å². The van der Waals surface area contributed by atoms with E-state index < -0.39 is 22.2 Å². The van der Waals surface area contributed by atoms with Crippen molar-refractivity contribution in [2.75, 3.05) is 0 Å². The van der Waals surface area contributed by atoms with Crippen LogP contribution < -0.4 is 5.43 Å². The maximum absolute atomic E-state index is 12.9. The normalized spacial score (nSPS) is 11.9. The summed E-state index contributed by atoms with van der Waals surface area (Å²) in [6.45, 7) is 0.